The molecule has 0 saturated carbocycles. The molecule has 0 aromatic carbocycles. The Kier molecular flexibility index (Phi) is 26.1. The summed E-state index contributed by atoms with van der Waals surface area (Å²) < 4.78 is -2.15. The first kappa shape index (κ1) is 28.5. The zero-order chi connectivity index (χ0) is 15.5. The molecule has 0 aromatic heterocycles. The molecule has 6 nitrogen and oxygen atoms in total. The summed E-state index contributed by atoms with van der Waals surface area (Å²) in [6.45, 7) is 0. The number of carbonyl (C=O) groups is 3. The Balaban J connectivity index is -0.0000000865. The summed E-state index contributed by atoms with van der Waals surface area (Å²) in [5.41, 5.74) is 0. The van der Waals surface area contributed by atoms with Gasteiger partial charge in [-0.2, -0.15) is 0 Å². The maximum Gasteiger partial charge on any atom is 3.00 e. The van der Waals surface area contributed by atoms with Crippen LogP contribution in [-0.4, -0.2) is 37.5 Å². The normalized spacial score (nSPS) is 8.68. The van der Waals surface area contributed by atoms with Crippen LogP contribution >= 0.6 is 95.6 Å². The maximum absolute atomic E-state index is 9.49. The monoisotopic (exact) mass is 656 g/mol. The molecule has 0 radical (unpaired) electrons. The van der Waals surface area contributed by atoms with Gasteiger partial charge in [-0.25, -0.2) is 0 Å². The summed E-state index contributed by atoms with van der Waals surface area (Å²) in [6, 6.07) is 0. The summed E-state index contributed by atoms with van der Waals surface area (Å²) in [5.74, 6) is -3.47. The van der Waals surface area contributed by atoms with Crippen molar-refractivity contribution in [3.63, 3.8) is 0 Å². The van der Waals surface area contributed by atoms with Crippen LogP contribution < -0.4 is 15.3 Å². The number of carboxylic acid groups (broad SMARTS) is 3. The number of aliphatic carboxylic acids is 3. The van der Waals surface area contributed by atoms with Crippen molar-refractivity contribution in [1.82, 2.24) is 0 Å². The van der Waals surface area contributed by atoms with Crippen LogP contribution in [0.3, 0.4) is 0 Å². The Morgan fingerprint density at radius 2 is 0.632 bits per heavy atom. The summed E-state index contributed by atoms with van der Waals surface area (Å²) in [4.78, 5) is 28.5. The van der Waals surface area contributed by atoms with E-state index in [0.717, 1.165) is 0 Å². The smallest absolute Gasteiger partial charge is 0.548 e. The third-order valence-corrected chi connectivity index (χ3v) is 2.78. The first-order valence-corrected chi connectivity index (χ1v) is 8.89. The van der Waals surface area contributed by atoms with Gasteiger partial charge in [-0.3, -0.25) is 0 Å². The van der Waals surface area contributed by atoms with Gasteiger partial charge in [-0.15, -0.1) is 0 Å². The minimum atomic E-state index is -1.16. The fourth-order valence-corrected chi connectivity index (χ4v) is 0. The second-order valence-corrected chi connectivity index (χ2v) is 11.0. The number of carboxylic acids is 3. The number of halogens is 6. The molecule has 0 aromatic rings. The second-order valence-electron chi connectivity index (χ2n) is 1.86. The van der Waals surface area contributed by atoms with Crippen molar-refractivity contribution in [2.45, 2.75) is 11.2 Å². The zero-order valence-corrected chi connectivity index (χ0v) is 18.0. The molecule has 13 heteroatoms. The molecule has 0 spiro atoms. The van der Waals surface area contributed by atoms with Gasteiger partial charge in [0.25, 0.3) is 0 Å². The molecule has 0 aliphatic rings. The van der Waals surface area contributed by atoms with Gasteiger partial charge in [0, 0.05) is 0 Å². The van der Waals surface area contributed by atoms with Crippen molar-refractivity contribution in [3.05, 3.63) is 0 Å². The van der Waals surface area contributed by atoms with Crippen molar-refractivity contribution in [1.29, 1.82) is 0 Å². The van der Waals surface area contributed by atoms with Crippen LogP contribution in [0.25, 0.3) is 0 Å². The summed E-state index contributed by atoms with van der Waals surface area (Å²) in [5, 5.41) is 28.5. The predicted octanol–water partition coefficient (Wildman–Crippen LogP) is -0.824. The van der Waals surface area contributed by atoms with Gasteiger partial charge in [0.1, 0.15) is 11.2 Å². The summed E-state index contributed by atoms with van der Waals surface area (Å²) >= 11 is 16.2. The quantitative estimate of drug-likeness (QED) is 0.288. The van der Waals surface area contributed by atoms with E-state index in [2.05, 4.69) is 95.6 Å². The zero-order valence-electron chi connectivity index (χ0n) is 8.53. The van der Waals surface area contributed by atoms with E-state index in [0.29, 0.717) is 0 Å². The van der Waals surface area contributed by atoms with Gasteiger partial charge in [0.05, 0.1) is 17.9 Å². The molecule has 0 aliphatic carbocycles. The van der Waals surface area contributed by atoms with Gasteiger partial charge >= 0.3 is 8.41 Å². The number of carbonyl (C=O) groups excluding carboxylic acids is 3. The molecule has 19 heavy (non-hydrogen) atoms. The molecule has 0 fully saturated rings. The van der Waals surface area contributed by atoms with Crippen LogP contribution in [0, 0.1) is 0 Å². The van der Waals surface area contributed by atoms with Gasteiger partial charge < -0.3 is 29.7 Å². The Morgan fingerprint density at radius 1 is 0.579 bits per heavy atom. The van der Waals surface area contributed by atoms with Crippen LogP contribution in [0.1, 0.15) is 0 Å². The molecule has 0 atom stereocenters. The molecule has 0 aliphatic heterocycles. The standard InChI is InChI=1S/3C2H2Br2O2.B/c3*3-1(4)2(5)6;/h3*1H,(H,5,6);/q;;;+3/p-3. The number of alkyl halides is 6. The average Bonchev–Trinajstić information content (AvgIpc) is 2.18. The van der Waals surface area contributed by atoms with Crippen molar-refractivity contribution >= 4 is 122 Å². The number of rotatable bonds is 3. The van der Waals surface area contributed by atoms with Crippen LogP contribution in [-0.2, 0) is 14.4 Å². The van der Waals surface area contributed by atoms with Crippen molar-refractivity contribution in [2.24, 2.45) is 0 Å². The van der Waals surface area contributed by atoms with Crippen molar-refractivity contribution < 1.29 is 29.7 Å². The average molecular weight is 661 g/mol. The molecular weight excluding hydrogens is 658 g/mol. The van der Waals surface area contributed by atoms with Gasteiger partial charge in [-0.05, 0) is 0 Å². The molecule has 0 saturated heterocycles. The third kappa shape index (κ3) is 32.7. The molecular formula is C6H3BBr6O6. The molecule has 0 unspecified atom stereocenters. The van der Waals surface area contributed by atoms with E-state index in [1.54, 1.807) is 0 Å². The van der Waals surface area contributed by atoms with Gasteiger partial charge in [-0.1, -0.05) is 95.6 Å². The summed E-state index contributed by atoms with van der Waals surface area (Å²) in [7, 11) is 0. The van der Waals surface area contributed by atoms with Crippen LogP contribution in [0.4, 0.5) is 0 Å². The van der Waals surface area contributed by atoms with E-state index in [1.165, 1.54) is 0 Å². The first-order chi connectivity index (χ1) is 7.93. The van der Waals surface area contributed by atoms with E-state index in [9.17, 15) is 29.7 Å². The van der Waals surface area contributed by atoms with Gasteiger partial charge in [0.15, 0.2) is 0 Å². The maximum atomic E-state index is 9.49. The molecule has 0 rings (SSSR count). The number of hydrogen-bond acceptors (Lipinski definition) is 6. The topological polar surface area (TPSA) is 120 Å². The molecule has 0 bridgehead atoms. The molecule has 0 heterocycles. The fraction of sp³-hybridized carbons (Fsp3) is 0.500. The Bertz CT molecular complexity index is 230. The first-order valence-electron chi connectivity index (χ1n) is 3.40. The van der Waals surface area contributed by atoms with E-state index in [1.807, 2.05) is 0 Å². The van der Waals surface area contributed by atoms with Crippen molar-refractivity contribution in [2.75, 3.05) is 0 Å². The SMILES string of the molecule is O=C([O-])C(Br)Br.O=C([O-])C(Br)Br.O=C([O-])C(Br)Br.[B+3]. The third-order valence-electron chi connectivity index (χ3n) is 0.535. The largest absolute Gasteiger partial charge is 3.00 e. The second kappa shape index (κ2) is 17.4. The predicted molar refractivity (Wildman–Crippen MR) is 85.7 cm³/mol. The minimum absolute atomic E-state index is 0. The Morgan fingerprint density at radius 3 is 0.632 bits per heavy atom. The van der Waals surface area contributed by atoms with Crippen LogP contribution in [0.5, 0.6) is 0 Å². The molecule has 0 amide bonds. The minimum Gasteiger partial charge on any atom is -0.548 e. The van der Waals surface area contributed by atoms with E-state index in [4.69, 9.17) is 0 Å². The van der Waals surface area contributed by atoms with E-state index in [-0.39, 0.29) is 8.41 Å². The molecule has 108 valence electrons. The van der Waals surface area contributed by atoms with Crippen molar-refractivity contribution in [3.8, 4) is 0 Å². The number of hydrogen-bond donors (Lipinski definition) is 0. The summed E-state index contributed by atoms with van der Waals surface area (Å²) in [6.07, 6.45) is 0. The Hall–Kier alpha value is 1.35. The van der Waals surface area contributed by atoms with Gasteiger partial charge in [0.2, 0.25) is 0 Å². The fourth-order valence-electron chi connectivity index (χ4n) is 0. The van der Waals surface area contributed by atoms with Crippen LogP contribution in [0.15, 0.2) is 0 Å². The Labute approximate surface area is 161 Å². The van der Waals surface area contributed by atoms with E-state index < -0.39 is 29.1 Å². The van der Waals surface area contributed by atoms with E-state index >= 15 is 0 Å². The molecule has 0 N–H and O–H groups in total. The van der Waals surface area contributed by atoms with Crippen LogP contribution in [0.2, 0.25) is 0 Å².